The summed E-state index contributed by atoms with van der Waals surface area (Å²) in [5, 5.41) is 94.8. The van der Waals surface area contributed by atoms with Crippen molar-refractivity contribution in [1.82, 2.24) is 0 Å². The number of halogens is 1. The van der Waals surface area contributed by atoms with Crippen LogP contribution in [-0.2, 0) is 0 Å². The monoisotopic (exact) mass is 392 g/mol. The molecule has 13 heteroatoms. The molecule has 144 valence electrons. The Morgan fingerprint density at radius 1 is 0.417 bits per heavy atom. The zero-order valence-electron chi connectivity index (χ0n) is 13.2. The molecule has 7 atom stereocenters. The van der Waals surface area contributed by atoms with E-state index in [1.165, 1.54) is 0 Å². The van der Waals surface area contributed by atoms with Crippen molar-refractivity contribution < 1.29 is 98.1 Å². The van der Waals surface area contributed by atoms with Crippen LogP contribution in [-0.4, -0.2) is 125 Å². The number of rotatable bonds is 9. The minimum Gasteiger partial charge on any atom is -1.00 e. The summed E-state index contributed by atoms with van der Waals surface area (Å²) in [5.41, 5.74) is 0. The van der Waals surface area contributed by atoms with Crippen LogP contribution >= 0.6 is 0 Å². The van der Waals surface area contributed by atoms with Crippen LogP contribution in [0.5, 0.6) is 0 Å². The molecule has 0 aromatic heterocycles. The molecule has 24 heavy (non-hydrogen) atoms. The van der Waals surface area contributed by atoms with Gasteiger partial charge in [-0.05, 0) is 0 Å². The topological polar surface area (TPSA) is 223 Å². The summed E-state index contributed by atoms with van der Waals surface area (Å²) in [4.78, 5) is 0. The zero-order valence-corrected chi connectivity index (χ0v) is 15.9. The molecule has 0 saturated heterocycles. The molecular formula is C11H26ClNaO11. The third-order valence-electron chi connectivity index (χ3n) is 2.68. The minimum absolute atomic E-state index is 0. The van der Waals surface area contributed by atoms with E-state index in [2.05, 4.69) is 0 Å². The first-order valence-corrected chi connectivity index (χ1v) is 6.37. The average molecular weight is 393 g/mol. The van der Waals surface area contributed by atoms with Crippen LogP contribution in [0.2, 0.25) is 0 Å². The summed E-state index contributed by atoms with van der Waals surface area (Å²) in [6.45, 7) is -2.73. The molecule has 0 aliphatic rings. The molecule has 0 bridgehead atoms. The Labute approximate surface area is 167 Å². The maximum absolute atomic E-state index is 8.96. The molecule has 0 amide bonds. The average Bonchev–Trinajstić information content (AvgIpc) is 2.56. The van der Waals surface area contributed by atoms with Gasteiger partial charge in [-0.15, -0.1) is 0 Å². The maximum atomic E-state index is 8.96. The van der Waals surface area contributed by atoms with Crippen LogP contribution in [0.1, 0.15) is 0 Å². The molecule has 0 aromatic rings. The molecule has 0 heterocycles. The Morgan fingerprint density at radius 2 is 0.583 bits per heavy atom. The molecule has 0 unspecified atom stereocenters. The van der Waals surface area contributed by atoms with Gasteiger partial charge in [0, 0.05) is 0 Å². The Hall–Kier alpha value is 0.850. The molecule has 0 saturated carbocycles. The maximum Gasteiger partial charge on any atom is 1.00 e. The van der Waals surface area contributed by atoms with Crippen molar-refractivity contribution in [2.45, 2.75) is 42.7 Å². The van der Waals surface area contributed by atoms with E-state index in [1.54, 1.807) is 0 Å². The Kier molecular flexibility index (Phi) is 25.2. The largest absolute Gasteiger partial charge is 1.00 e. The second-order valence-corrected chi connectivity index (χ2v) is 4.47. The second-order valence-electron chi connectivity index (χ2n) is 4.47. The van der Waals surface area contributed by atoms with Crippen molar-refractivity contribution in [2.24, 2.45) is 0 Å². The Balaban J connectivity index is -0.000000156. The zero-order chi connectivity index (χ0) is 17.9. The van der Waals surface area contributed by atoms with Gasteiger partial charge in [0.25, 0.3) is 0 Å². The molecule has 11 nitrogen and oxygen atoms in total. The van der Waals surface area contributed by atoms with E-state index in [4.69, 9.17) is 56.2 Å². The van der Waals surface area contributed by atoms with Crippen LogP contribution < -0.4 is 42.0 Å². The summed E-state index contributed by atoms with van der Waals surface area (Å²) in [5.74, 6) is 0. The Morgan fingerprint density at radius 3 is 0.750 bits per heavy atom. The molecule has 11 N–H and O–H groups in total. The van der Waals surface area contributed by atoms with Gasteiger partial charge < -0.3 is 68.6 Å². The van der Waals surface area contributed by atoms with Crippen molar-refractivity contribution in [1.29, 1.82) is 0 Å². The number of hydrogen-bond donors (Lipinski definition) is 11. The molecule has 0 fully saturated rings. The first-order chi connectivity index (χ1) is 10.2. The predicted molar refractivity (Wildman–Crippen MR) is 70.4 cm³/mol. The molecule has 0 spiro atoms. The molecule has 0 aliphatic carbocycles. The fraction of sp³-hybridized carbons (Fsp3) is 1.00. The molecule has 0 radical (unpaired) electrons. The molecule has 0 aromatic carbocycles. The van der Waals surface area contributed by atoms with E-state index in [-0.39, 0.29) is 42.0 Å². The fourth-order valence-corrected chi connectivity index (χ4v) is 1.14. The summed E-state index contributed by atoms with van der Waals surface area (Å²) < 4.78 is 0. The second kappa shape index (κ2) is 18.6. The summed E-state index contributed by atoms with van der Waals surface area (Å²) in [7, 11) is 0. The van der Waals surface area contributed by atoms with Crippen LogP contribution in [0.3, 0.4) is 0 Å². The van der Waals surface area contributed by atoms with Gasteiger partial charge in [-0.25, -0.2) is 0 Å². The van der Waals surface area contributed by atoms with Gasteiger partial charge in [-0.3, -0.25) is 0 Å². The van der Waals surface area contributed by atoms with Crippen molar-refractivity contribution in [3.63, 3.8) is 0 Å². The fourth-order valence-electron chi connectivity index (χ4n) is 1.14. The van der Waals surface area contributed by atoms with E-state index in [0.717, 1.165) is 0 Å². The number of aliphatic hydroxyl groups excluding tert-OH is 11. The van der Waals surface area contributed by atoms with Crippen molar-refractivity contribution >= 4 is 0 Å². The van der Waals surface area contributed by atoms with Gasteiger partial charge in [-0.1, -0.05) is 0 Å². The standard InChI is InChI=1S/C6H14O6.C5H12O5.ClH.Na/c7-1-3(9)5(11)6(12)4(10)2-8;6-1-3(8)5(10)4(9)2-7;;/h3-12H,1-2H2;3-10H,1-2H2;1H;/q;;;+1/p-1/t3-,4+,5-,6-;3-,4+,5+;;/m1.../s1. The van der Waals surface area contributed by atoms with Crippen molar-refractivity contribution in [2.75, 3.05) is 26.4 Å². The summed E-state index contributed by atoms with van der Waals surface area (Å²) in [6, 6.07) is 0. The normalized spacial score (nSPS) is 19.1. The number of hydrogen-bond acceptors (Lipinski definition) is 11. The van der Waals surface area contributed by atoms with E-state index in [9.17, 15) is 0 Å². The van der Waals surface area contributed by atoms with Gasteiger partial charge in [0.05, 0.1) is 26.4 Å². The van der Waals surface area contributed by atoms with Crippen LogP contribution in [0.15, 0.2) is 0 Å². The van der Waals surface area contributed by atoms with Crippen molar-refractivity contribution in [3.05, 3.63) is 0 Å². The molecular weight excluding hydrogens is 367 g/mol. The Bertz CT molecular complexity index is 242. The smallest absolute Gasteiger partial charge is 1.00 e. The van der Waals surface area contributed by atoms with Gasteiger partial charge >= 0.3 is 29.6 Å². The summed E-state index contributed by atoms with van der Waals surface area (Å²) in [6.07, 6.45) is -10.7. The van der Waals surface area contributed by atoms with E-state index < -0.39 is 69.2 Å². The third-order valence-corrected chi connectivity index (χ3v) is 2.68. The third kappa shape index (κ3) is 13.1. The van der Waals surface area contributed by atoms with Crippen LogP contribution in [0.4, 0.5) is 0 Å². The SMILES string of the molecule is OC[C@@H](O)[C@@H](O)[C@H](O)[C@@H](O)CO.OC[C@@H](O)[C@H](O)[C@@H](O)CO.[Cl-].[Na+]. The quantitative estimate of drug-likeness (QED) is 0.165. The van der Waals surface area contributed by atoms with Gasteiger partial charge in [0.1, 0.15) is 42.7 Å². The first-order valence-electron chi connectivity index (χ1n) is 6.37. The van der Waals surface area contributed by atoms with Crippen LogP contribution in [0, 0.1) is 0 Å². The first kappa shape index (κ1) is 32.5. The van der Waals surface area contributed by atoms with Gasteiger partial charge in [-0.2, -0.15) is 0 Å². The minimum atomic E-state index is -1.67. The van der Waals surface area contributed by atoms with Crippen molar-refractivity contribution in [3.8, 4) is 0 Å². The van der Waals surface area contributed by atoms with Crippen LogP contribution in [0.25, 0.3) is 0 Å². The summed E-state index contributed by atoms with van der Waals surface area (Å²) >= 11 is 0. The van der Waals surface area contributed by atoms with E-state index in [0.29, 0.717) is 0 Å². The molecule has 0 aliphatic heterocycles. The predicted octanol–water partition coefficient (Wildman–Crippen LogP) is -12.5. The molecule has 0 rings (SSSR count). The van der Waals surface area contributed by atoms with Gasteiger partial charge in [0.15, 0.2) is 0 Å². The number of aliphatic hydroxyl groups is 11. The van der Waals surface area contributed by atoms with E-state index in [1.807, 2.05) is 0 Å². The van der Waals surface area contributed by atoms with Gasteiger partial charge in [0.2, 0.25) is 0 Å². The van der Waals surface area contributed by atoms with E-state index >= 15 is 0 Å².